The van der Waals surface area contributed by atoms with E-state index in [4.69, 9.17) is 5.11 Å². The minimum absolute atomic E-state index is 0.288. The summed E-state index contributed by atoms with van der Waals surface area (Å²) in [6, 6.07) is 6.86. The van der Waals surface area contributed by atoms with Crippen LogP contribution in [-0.2, 0) is 6.54 Å². The highest BCUT2D eigenvalue weighted by molar-refractivity contribution is 5.89. The molecule has 1 aromatic carbocycles. The fraction of sp³-hybridized carbons (Fsp3) is 0.500. The van der Waals surface area contributed by atoms with Gasteiger partial charge in [0.15, 0.2) is 0 Å². The molecule has 0 fully saturated rings. The number of aromatic carboxylic acids is 1. The fourth-order valence-electron chi connectivity index (χ4n) is 1.42. The lowest BCUT2D eigenvalue weighted by Gasteiger charge is -2.38. The molecule has 1 aromatic rings. The highest BCUT2D eigenvalue weighted by Crippen LogP contribution is 2.21. The van der Waals surface area contributed by atoms with E-state index in [1.54, 1.807) is 38.1 Å². The van der Waals surface area contributed by atoms with Gasteiger partial charge in [0.2, 0.25) is 0 Å². The predicted molar refractivity (Wildman–Crippen MR) is 70.6 cm³/mol. The third kappa shape index (κ3) is 3.31. The number of rotatable bonds is 5. The highest BCUT2D eigenvalue weighted by atomic mass is 16.4. The topological polar surface area (TPSA) is 69.6 Å². The Bertz CT molecular complexity index is 433. The van der Waals surface area contributed by atoms with Crippen LogP contribution in [0.25, 0.3) is 0 Å². The van der Waals surface area contributed by atoms with Gasteiger partial charge >= 0.3 is 5.97 Å². The summed E-state index contributed by atoms with van der Waals surface area (Å²) < 4.78 is 0. The first kappa shape index (κ1) is 14.7. The van der Waals surface area contributed by atoms with Crippen molar-refractivity contribution in [3.8, 4) is 0 Å². The molecule has 1 rings (SSSR count). The average molecular weight is 251 g/mol. The van der Waals surface area contributed by atoms with Crippen molar-refractivity contribution in [2.24, 2.45) is 0 Å². The first-order valence-electron chi connectivity index (χ1n) is 5.94. The number of hydrogen-bond donors (Lipinski definition) is 3. The van der Waals surface area contributed by atoms with Gasteiger partial charge in [-0.15, -0.1) is 0 Å². The van der Waals surface area contributed by atoms with Gasteiger partial charge in [0, 0.05) is 12.1 Å². The van der Waals surface area contributed by atoms with E-state index in [2.05, 4.69) is 5.32 Å². The van der Waals surface area contributed by atoms with Gasteiger partial charge in [0.05, 0.1) is 11.2 Å². The zero-order chi connectivity index (χ0) is 14.0. The molecule has 0 heterocycles. The van der Waals surface area contributed by atoms with Crippen LogP contribution in [0.15, 0.2) is 24.3 Å². The van der Waals surface area contributed by atoms with Crippen LogP contribution >= 0.6 is 0 Å². The summed E-state index contributed by atoms with van der Waals surface area (Å²) in [5.41, 5.74) is -0.414. The van der Waals surface area contributed by atoms with Gasteiger partial charge in [-0.05, 0) is 39.3 Å². The van der Waals surface area contributed by atoms with Crippen molar-refractivity contribution < 1.29 is 15.0 Å². The summed E-state index contributed by atoms with van der Waals surface area (Å²) >= 11 is 0. The second kappa shape index (κ2) is 5.08. The largest absolute Gasteiger partial charge is 0.478 e. The van der Waals surface area contributed by atoms with Crippen molar-refractivity contribution in [3.63, 3.8) is 0 Å². The molecule has 0 unspecified atom stereocenters. The van der Waals surface area contributed by atoms with Crippen LogP contribution in [0.2, 0.25) is 0 Å². The van der Waals surface area contributed by atoms with Crippen LogP contribution in [-0.4, -0.2) is 27.3 Å². The van der Waals surface area contributed by atoms with Crippen LogP contribution in [0, 0.1) is 0 Å². The monoisotopic (exact) mass is 251 g/mol. The van der Waals surface area contributed by atoms with Gasteiger partial charge in [-0.25, -0.2) is 4.79 Å². The number of carbonyl (C=O) groups is 1. The third-order valence-corrected chi connectivity index (χ3v) is 3.50. The molecule has 0 radical (unpaired) electrons. The van der Waals surface area contributed by atoms with Crippen LogP contribution in [0.4, 0.5) is 0 Å². The molecule has 0 amide bonds. The number of benzene rings is 1. The van der Waals surface area contributed by atoms with E-state index >= 15 is 0 Å². The number of nitrogens with one attached hydrogen (secondary N) is 1. The second-order valence-electron chi connectivity index (χ2n) is 5.50. The number of aliphatic hydroxyl groups is 1. The van der Waals surface area contributed by atoms with E-state index in [0.29, 0.717) is 12.1 Å². The van der Waals surface area contributed by atoms with Crippen LogP contribution in [0.1, 0.15) is 43.6 Å². The van der Waals surface area contributed by atoms with Crippen molar-refractivity contribution in [2.45, 2.75) is 45.4 Å². The molecule has 0 saturated heterocycles. The van der Waals surface area contributed by atoms with Crippen LogP contribution in [0.3, 0.4) is 0 Å². The first-order valence-corrected chi connectivity index (χ1v) is 5.94. The first-order chi connectivity index (χ1) is 8.15. The van der Waals surface area contributed by atoms with E-state index in [1.807, 2.05) is 13.8 Å². The maximum absolute atomic E-state index is 11.1. The number of carboxylic acids is 1. The zero-order valence-corrected chi connectivity index (χ0v) is 11.3. The molecule has 0 saturated carbocycles. The number of carboxylic acid groups (broad SMARTS) is 1. The average Bonchev–Trinajstić information content (AvgIpc) is 2.25. The van der Waals surface area contributed by atoms with Gasteiger partial charge in [-0.1, -0.05) is 18.2 Å². The highest BCUT2D eigenvalue weighted by Gasteiger charge is 2.34. The Kier molecular flexibility index (Phi) is 4.14. The zero-order valence-electron chi connectivity index (χ0n) is 11.3. The Morgan fingerprint density at radius 3 is 2.28 bits per heavy atom. The van der Waals surface area contributed by atoms with Crippen molar-refractivity contribution in [1.29, 1.82) is 0 Å². The second-order valence-corrected chi connectivity index (χ2v) is 5.50. The van der Waals surface area contributed by atoms with Gasteiger partial charge in [-0.3, -0.25) is 0 Å². The minimum Gasteiger partial charge on any atom is -0.478 e. The third-order valence-electron chi connectivity index (χ3n) is 3.50. The van der Waals surface area contributed by atoms with Crippen molar-refractivity contribution >= 4 is 5.97 Å². The summed E-state index contributed by atoms with van der Waals surface area (Å²) in [4.78, 5) is 11.1. The molecular formula is C14H21NO3. The van der Waals surface area contributed by atoms with E-state index in [-0.39, 0.29) is 5.56 Å². The summed E-state index contributed by atoms with van der Waals surface area (Å²) in [5, 5.41) is 22.3. The van der Waals surface area contributed by atoms with E-state index < -0.39 is 17.1 Å². The molecule has 0 aliphatic heterocycles. The maximum atomic E-state index is 11.1. The standard InChI is InChI=1S/C14H21NO3/c1-13(2,14(3,4)18)15-9-10-7-5-6-8-11(10)12(16)17/h5-8,15,18H,9H2,1-4H3,(H,16,17). The normalized spacial score (nSPS) is 12.5. The SMILES string of the molecule is CC(C)(O)C(C)(C)NCc1ccccc1C(=O)O. The lowest BCUT2D eigenvalue weighted by Crippen LogP contribution is -2.55. The lowest BCUT2D eigenvalue weighted by molar-refractivity contribution is -0.00534. The molecular weight excluding hydrogens is 230 g/mol. The molecule has 0 atom stereocenters. The van der Waals surface area contributed by atoms with Gasteiger partial charge in [0.1, 0.15) is 0 Å². The molecule has 0 bridgehead atoms. The number of hydrogen-bond acceptors (Lipinski definition) is 3. The van der Waals surface area contributed by atoms with Gasteiger partial charge in [-0.2, -0.15) is 0 Å². The molecule has 0 spiro atoms. The molecule has 0 aliphatic rings. The summed E-state index contributed by atoms with van der Waals surface area (Å²) in [6.07, 6.45) is 0. The van der Waals surface area contributed by atoms with Crippen molar-refractivity contribution in [2.75, 3.05) is 0 Å². The molecule has 4 heteroatoms. The minimum atomic E-state index is -0.937. The Balaban J connectivity index is 2.85. The van der Waals surface area contributed by atoms with Gasteiger partial charge < -0.3 is 15.5 Å². The molecule has 0 aromatic heterocycles. The predicted octanol–water partition coefficient (Wildman–Crippen LogP) is 2.02. The molecule has 4 nitrogen and oxygen atoms in total. The van der Waals surface area contributed by atoms with Crippen molar-refractivity contribution in [3.05, 3.63) is 35.4 Å². The van der Waals surface area contributed by atoms with Crippen molar-refractivity contribution in [1.82, 2.24) is 5.32 Å². The van der Waals surface area contributed by atoms with E-state index in [9.17, 15) is 9.90 Å². The molecule has 3 N–H and O–H groups in total. The molecule has 0 aliphatic carbocycles. The Hall–Kier alpha value is -1.39. The Labute approximate surface area is 108 Å². The molecule has 100 valence electrons. The maximum Gasteiger partial charge on any atom is 0.336 e. The Morgan fingerprint density at radius 2 is 1.78 bits per heavy atom. The summed E-state index contributed by atoms with van der Waals surface area (Å²) in [7, 11) is 0. The van der Waals surface area contributed by atoms with Crippen LogP contribution < -0.4 is 5.32 Å². The van der Waals surface area contributed by atoms with E-state index in [1.165, 1.54) is 0 Å². The quantitative estimate of drug-likeness (QED) is 0.749. The fourth-order valence-corrected chi connectivity index (χ4v) is 1.42. The summed E-state index contributed by atoms with van der Waals surface area (Å²) in [5.74, 6) is -0.937. The molecule has 18 heavy (non-hydrogen) atoms. The van der Waals surface area contributed by atoms with E-state index in [0.717, 1.165) is 0 Å². The lowest BCUT2D eigenvalue weighted by atomic mass is 9.85. The van der Waals surface area contributed by atoms with Gasteiger partial charge in [0.25, 0.3) is 0 Å². The summed E-state index contributed by atoms with van der Waals surface area (Å²) in [6.45, 7) is 7.62. The Morgan fingerprint density at radius 1 is 1.22 bits per heavy atom. The smallest absolute Gasteiger partial charge is 0.336 e. The van der Waals surface area contributed by atoms with Crippen LogP contribution in [0.5, 0.6) is 0 Å².